The van der Waals surface area contributed by atoms with Crippen LogP contribution in [0, 0.1) is 5.92 Å². The number of allylic oxidation sites excluding steroid dienone is 1. The van der Waals surface area contributed by atoms with Crippen molar-refractivity contribution in [2.45, 2.75) is 31.8 Å². The predicted molar refractivity (Wildman–Crippen MR) is 107 cm³/mol. The smallest absolute Gasteiger partial charge is 0.358 e. The number of aromatic nitrogens is 1. The number of hydrogen-bond donors (Lipinski definition) is 3. The minimum absolute atomic E-state index is 0.0249. The zero-order valence-corrected chi connectivity index (χ0v) is 17.0. The molecular formula is C20H22N3O5S+. The molecule has 3 rings (SSSR count). The van der Waals surface area contributed by atoms with E-state index in [1.165, 1.54) is 12.1 Å². The van der Waals surface area contributed by atoms with Crippen LogP contribution in [0.15, 0.2) is 47.5 Å². The lowest BCUT2D eigenvalue weighted by molar-refractivity contribution is -0.680. The largest absolute Gasteiger partial charge is 0.381 e. The molecule has 4 N–H and O–H groups in total. The summed E-state index contributed by atoms with van der Waals surface area (Å²) in [6, 6.07) is 7.11. The topological polar surface area (TPSA) is 130 Å². The van der Waals surface area contributed by atoms with E-state index in [9.17, 15) is 22.6 Å². The zero-order valence-electron chi connectivity index (χ0n) is 16.2. The minimum atomic E-state index is -4.75. The molecule has 152 valence electrons. The molecule has 2 unspecified atom stereocenters. The summed E-state index contributed by atoms with van der Waals surface area (Å²) >= 11 is 0. The van der Waals surface area contributed by atoms with Crippen molar-refractivity contribution in [1.82, 2.24) is 0 Å². The highest BCUT2D eigenvalue weighted by molar-refractivity contribution is 7.85. The molecule has 1 aliphatic carbocycles. The number of nitrogens with one attached hydrogen (secondary N) is 1. The summed E-state index contributed by atoms with van der Waals surface area (Å²) in [6.07, 6.45) is 3.83. The molecule has 0 aliphatic heterocycles. The van der Waals surface area contributed by atoms with Crippen LogP contribution >= 0.6 is 0 Å². The maximum Gasteiger partial charge on any atom is 0.358 e. The summed E-state index contributed by atoms with van der Waals surface area (Å²) in [5.74, 6) is 4.86. The number of fused-ring (bicyclic) bond motifs is 2. The molecular weight excluding hydrogens is 394 g/mol. The summed E-state index contributed by atoms with van der Waals surface area (Å²) in [5, 5.41) is 2.42. The van der Waals surface area contributed by atoms with Crippen LogP contribution in [0.3, 0.4) is 0 Å². The van der Waals surface area contributed by atoms with Crippen molar-refractivity contribution in [3.63, 3.8) is 0 Å². The molecule has 2 aromatic rings. The first-order chi connectivity index (χ1) is 13.6. The number of pyridine rings is 1. The van der Waals surface area contributed by atoms with E-state index in [4.69, 9.17) is 5.84 Å². The van der Waals surface area contributed by atoms with Gasteiger partial charge in [0, 0.05) is 17.2 Å². The predicted octanol–water partition coefficient (Wildman–Crippen LogP) is 1.72. The van der Waals surface area contributed by atoms with Gasteiger partial charge in [0.15, 0.2) is 0 Å². The summed E-state index contributed by atoms with van der Waals surface area (Å²) in [4.78, 5) is 26.2. The molecule has 0 saturated carbocycles. The number of nitrogen functional groups attached to an aromatic ring is 1. The third-order valence-electron chi connectivity index (χ3n) is 5.04. The highest BCUT2D eigenvalue weighted by Crippen LogP contribution is 2.32. The molecule has 1 aliphatic rings. The van der Waals surface area contributed by atoms with Crippen LogP contribution in [0.1, 0.15) is 52.7 Å². The molecule has 9 heteroatoms. The fourth-order valence-electron chi connectivity index (χ4n) is 3.38. The third-order valence-corrected chi connectivity index (χ3v) is 5.89. The number of carbonyl (C=O) groups excluding carboxylic acids is 2. The van der Waals surface area contributed by atoms with Crippen molar-refractivity contribution in [3.05, 3.63) is 64.9 Å². The molecule has 0 amide bonds. The highest BCUT2D eigenvalue weighted by atomic mass is 32.2. The second-order valence-corrected chi connectivity index (χ2v) is 8.36. The van der Waals surface area contributed by atoms with Crippen LogP contribution in [0.5, 0.6) is 0 Å². The first-order valence-corrected chi connectivity index (χ1v) is 10.4. The molecule has 1 aromatic heterocycles. The Morgan fingerprint density at radius 3 is 2.28 bits per heavy atom. The molecule has 1 aromatic carbocycles. The first kappa shape index (κ1) is 20.7. The second-order valence-electron chi connectivity index (χ2n) is 6.99. The fraction of sp³-hybridized carbons (Fsp3) is 0.250. The monoisotopic (exact) mass is 416 g/mol. The van der Waals surface area contributed by atoms with E-state index in [1.807, 2.05) is 32.9 Å². The van der Waals surface area contributed by atoms with Gasteiger partial charge in [-0.05, 0) is 19.8 Å². The number of benzene rings is 1. The normalized spacial score (nSPS) is 15.7. The summed E-state index contributed by atoms with van der Waals surface area (Å²) in [7, 11) is -4.75. The van der Waals surface area contributed by atoms with E-state index in [0.717, 1.165) is 6.07 Å². The lowest BCUT2D eigenvalue weighted by Crippen LogP contribution is -2.56. The lowest BCUT2D eigenvalue weighted by atomic mass is 9.86. The molecule has 0 spiro atoms. The number of rotatable bonds is 5. The molecule has 8 nitrogen and oxygen atoms in total. The zero-order chi connectivity index (χ0) is 21.5. The van der Waals surface area contributed by atoms with Crippen LogP contribution in [0.4, 0.5) is 5.69 Å². The van der Waals surface area contributed by atoms with Crippen molar-refractivity contribution in [2.24, 2.45) is 5.92 Å². The number of anilines is 1. The van der Waals surface area contributed by atoms with Crippen molar-refractivity contribution < 1.29 is 27.2 Å². The Balaban J connectivity index is 2.29. The van der Waals surface area contributed by atoms with Gasteiger partial charge in [-0.15, -0.1) is 0 Å². The molecule has 29 heavy (non-hydrogen) atoms. The molecule has 1 heterocycles. The van der Waals surface area contributed by atoms with Gasteiger partial charge in [-0.25, -0.2) is 5.84 Å². The van der Waals surface area contributed by atoms with Gasteiger partial charge in [-0.3, -0.25) is 14.1 Å². The van der Waals surface area contributed by atoms with Gasteiger partial charge in [0.25, 0.3) is 11.5 Å². The van der Waals surface area contributed by atoms with E-state index in [1.54, 1.807) is 12.1 Å². The van der Waals surface area contributed by atoms with Crippen molar-refractivity contribution in [1.29, 1.82) is 0 Å². The average molecular weight is 416 g/mol. The molecule has 0 fully saturated rings. The van der Waals surface area contributed by atoms with E-state index in [-0.39, 0.29) is 40.0 Å². The van der Waals surface area contributed by atoms with Crippen molar-refractivity contribution >= 4 is 27.4 Å². The Kier molecular flexibility index (Phi) is 5.29. The van der Waals surface area contributed by atoms with Gasteiger partial charge in [0.05, 0.1) is 11.8 Å². The van der Waals surface area contributed by atoms with E-state index >= 15 is 0 Å². The quantitative estimate of drug-likeness (QED) is 0.250. The van der Waals surface area contributed by atoms with Gasteiger partial charge in [0.1, 0.15) is 5.56 Å². The van der Waals surface area contributed by atoms with Crippen LogP contribution in [-0.4, -0.2) is 30.6 Å². The molecule has 0 bridgehead atoms. The Hall–Kier alpha value is -3.04. The summed E-state index contributed by atoms with van der Waals surface area (Å²) in [6.45, 7) is 5.68. The number of nitrogens with two attached hydrogens (primary N) is 1. The maximum atomic E-state index is 13.2. The number of carbonyl (C=O) groups is 2. The number of ketones is 2. The van der Waals surface area contributed by atoms with Gasteiger partial charge in [0.2, 0.25) is 5.78 Å². The van der Waals surface area contributed by atoms with Crippen molar-refractivity contribution in [2.75, 3.05) is 11.2 Å². The van der Waals surface area contributed by atoms with Gasteiger partial charge in [-0.2, -0.15) is 8.42 Å². The standard InChI is InChI=1S/C20H21N3O5S/c1-4-7-11(2)12(3)22-15-10-16(29(26,27)28)23(21)18-17(15)19(24)13-8-5-6-9-14(13)20(18)25/h4-12H,21H2,1-3H3,(H,26,27,28)/p+1. The number of nitrogens with zero attached hydrogens (tertiary/aromatic N) is 1. The lowest BCUT2D eigenvalue weighted by Gasteiger charge is -2.23. The van der Waals surface area contributed by atoms with Gasteiger partial charge < -0.3 is 5.32 Å². The Bertz CT molecular complexity index is 1150. The fourth-order valence-corrected chi connectivity index (χ4v) is 3.98. The molecule has 0 radical (unpaired) electrons. The summed E-state index contributed by atoms with van der Waals surface area (Å²) in [5.41, 5.74) is 0.131. The van der Waals surface area contributed by atoms with Crippen LogP contribution in [0.2, 0.25) is 0 Å². The van der Waals surface area contributed by atoms with Crippen LogP contribution in [0.25, 0.3) is 0 Å². The average Bonchev–Trinajstić information content (AvgIpc) is 2.66. The highest BCUT2D eigenvalue weighted by Gasteiger charge is 2.43. The minimum Gasteiger partial charge on any atom is -0.381 e. The number of hydrogen-bond acceptors (Lipinski definition) is 6. The third kappa shape index (κ3) is 3.54. The van der Waals surface area contributed by atoms with Crippen LogP contribution < -0.4 is 15.8 Å². The van der Waals surface area contributed by atoms with Gasteiger partial charge in [-0.1, -0.05) is 48.0 Å². The van der Waals surface area contributed by atoms with E-state index in [0.29, 0.717) is 4.68 Å². The van der Waals surface area contributed by atoms with Gasteiger partial charge >= 0.3 is 15.1 Å². The summed E-state index contributed by atoms with van der Waals surface area (Å²) < 4.78 is 33.9. The van der Waals surface area contributed by atoms with E-state index in [2.05, 4.69) is 5.32 Å². The Morgan fingerprint density at radius 1 is 1.14 bits per heavy atom. The van der Waals surface area contributed by atoms with Crippen LogP contribution in [-0.2, 0) is 10.1 Å². The Morgan fingerprint density at radius 2 is 1.72 bits per heavy atom. The second kappa shape index (κ2) is 7.41. The van der Waals surface area contributed by atoms with Crippen molar-refractivity contribution in [3.8, 4) is 0 Å². The first-order valence-electron chi connectivity index (χ1n) is 9.01. The maximum absolute atomic E-state index is 13.2. The SMILES string of the molecule is CC=CC(C)C(C)Nc1cc(S(=O)(=O)O)[n+](N)c2c1C(=O)c1ccccc1C2=O. The molecule has 0 saturated heterocycles. The Labute approximate surface area is 168 Å². The molecule has 2 atom stereocenters. The van der Waals surface area contributed by atoms with E-state index < -0.39 is 26.7 Å².